The van der Waals surface area contributed by atoms with Crippen LogP contribution in [0.3, 0.4) is 0 Å². The Bertz CT molecular complexity index is 442. The number of H-pyrrole nitrogens is 1. The van der Waals surface area contributed by atoms with Gasteiger partial charge in [0.2, 0.25) is 0 Å². The Morgan fingerprint density at radius 1 is 1.43 bits per heavy atom. The number of nitrogens with two attached hydrogens (primary N) is 1. The van der Waals surface area contributed by atoms with Gasteiger partial charge in [0.05, 0.1) is 5.69 Å². The lowest BCUT2D eigenvalue weighted by Gasteiger charge is -1.94. The average molecular weight is 191 g/mol. The van der Waals surface area contributed by atoms with Crippen molar-refractivity contribution in [2.75, 3.05) is 0 Å². The van der Waals surface area contributed by atoms with Crippen LogP contribution >= 0.6 is 0 Å². The van der Waals surface area contributed by atoms with E-state index in [0.717, 1.165) is 28.7 Å². The normalized spacial score (nSPS) is 10.8. The highest BCUT2D eigenvalue weighted by Crippen LogP contribution is 2.23. The molecule has 2 aromatic heterocycles. The summed E-state index contributed by atoms with van der Waals surface area (Å²) in [6.45, 7) is 4.25. The molecule has 2 aromatic rings. The third-order valence-electron chi connectivity index (χ3n) is 2.08. The second kappa shape index (κ2) is 3.31. The van der Waals surface area contributed by atoms with Crippen LogP contribution in [0.5, 0.6) is 0 Å². The number of furan rings is 1. The molecule has 0 atom stereocenters. The molecule has 0 radical (unpaired) electrons. The molecule has 4 nitrogen and oxygen atoms in total. The molecule has 0 spiro atoms. The van der Waals surface area contributed by atoms with Crippen LogP contribution in [0.25, 0.3) is 11.5 Å². The summed E-state index contributed by atoms with van der Waals surface area (Å²) in [5, 5.41) is 0. The predicted octanol–water partition coefficient (Wildman–Crippen LogP) is 1.75. The molecular weight excluding hydrogens is 178 g/mol. The molecule has 0 aromatic carbocycles. The molecule has 0 bridgehead atoms. The zero-order chi connectivity index (χ0) is 10.1. The second-order valence-corrected chi connectivity index (χ2v) is 3.26. The lowest BCUT2D eigenvalue weighted by atomic mass is 10.2. The first-order chi connectivity index (χ1) is 6.70. The molecule has 2 heterocycles. The van der Waals surface area contributed by atoms with Crippen molar-refractivity contribution in [2.45, 2.75) is 20.4 Å². The van der Waals surface area contributed by atoms with Gasteiger partial charge in [0.1, 0.15) is 17.3 Å². The van der Waals surface area contributed by atoms with E-state index in [0.29, 0.717) is 6.54 Å². The number of aryl methyl sites for hydroxylation is 2. The summed E-state index contributed by atoms with van der Waals surface area (Å²) in [5.41, 5.74) is 7.33. The van der Waals surface area contributed by atoms with Gasteiger partial charge in [-0.25, -0.2) is 4.98 Å². The molecule has 74 valence electrons. The lowest BCUT2D eigenvalue weighted by Crippen LogP contribution is -1.98. The first-order valence-corrected chi connectivity index (χ1v) is 4.53. The predicted molar refractivity (Wildman–Crippen MR) is 53.7 cm³/mol. The van der Waals surface area contributed by atoms with Crippen molar-refractivity contribution >= 4 is 0 Å². The molecule has 0 saturated heterocycles. The van der Waals surface area contributed by atoms with E-state index in [4.69, 9.17) is 10.2 Å². The minimum Gasteiger partial charge on any atom is -0.460 e. The van der Waals surface area contributed by atoms with E-state index in [2.05, 4.69) is 9.97 Å². The molecule has 0 aliphatic rings. The van der Waals surface area contributed by atoms with Crippen LogP contribution in [-0.4, -0.2) is 9.97 Å². The molecule has 2 rings (SSSR count). The number of rotatable bonds is 2. The van der Waals surface area contributed by atoms with Crippen molar-refractivity contribution in [3.05, 3.63) is 29.4 Å². The van der Waals surface area contributed by atoms with Gasteiger partial charge in [-0.1, -0.05) is 0 Å². The minimum absolute atomic E-state index is 0.440. The van der Waals surface area contributed by atoms with Gasteiger partial charge in [-0.05, 0) is 26.0 Å². The number of imidazole rings is 1. The summed E-state index contributed by atoms with van der Waals surface area (Å²) < 4.78 is 5.49. The second-order valence-electron chi connectivity index (χ2n) is 3.26. The smallest absolute Gasteiger partial charge is 0.154 e. The first-order valence-electron chi connectivity index (χ1n) is 4.53. The van der Waals surface area contributed by atoms with Crippen LogP contribution in [-0.2, 0) is 6.54 Å². The zero-order valence-electron chi connectivity index (χ0n) is 8.29. The molecule has 0 amide bonds. The number of hydrogen-bond acceptors (Lipinski definition) is 3. The third kappa shape index (κ3) is 1.44. The molecule has 0 fully saturated rings. The summed E-state index contributed by atoms with van der Waals surface area (Å²) >= 11 is 0. The fourth-order valence-electron chi connectivity index (χ4n) is 1.45. The molecule has 0 aliphatic heterocycles. The van der Waals surface area contributed by atoms with Crippen LogP contribution < -0.4 is 5.73 Å². The largest absolute Gasteiger partial charge is 0.460 e. The summed E-state index contributed by atoms with van der Waals surface area (Å²) in [6.07, 6.45) is 0. The van der Waals surface area contributed by atoms with Crippen molar-refractivity contribution < 1.29 is 4.42 Å². The van der Waals surface area contributed by atoms with Crippen LogP contribution in [0.15, 0.2) is 16.5 Å². The Balaban J connectivity index is 2.49. The van der Waals surface area contributed by atoms with Crippen LogP contribution in [0, 0.1) is 13.8 Å². The Kier molecular flexibility index (Phi) is 2.13. The maximum absolute atomic E-state index is 5.60. The quantitative estimate of drug-likeness (QED) is 0.759. The zero-order valence-corrected chi connectivity index (χ0v) is 8.29. The van der Waals surface area contributed by atoms with Crippen molar-refractivity contribution in [1.29, 1.82) is 0 Å². The maximum Gasteiger partial charge on any atom is 0.154 e. The van der Waals surface area contributed by atoms with Gasteiger partial charge < -0.3 is 15.1 Å². The van der Waals surface area contributed by atoms with Gasteiger partial charge in [-0.2, -0.15) is 0 Å². The number of aromatic amines is 1. The molecule has 4 heteroatoms. The van der Waals surface area contributed by atoms with E-state index in [1.807, 2.05) is 26.0 Å². The summed E-state index contributed by atoms with van der Waals surface area (Å²) in [7, 11) is 0. The molecule has 0 unspecified atom stereocenters. The first kappa shape index (κ1) is 9.02. The van der Waals surface area contributed by atoms with E-state index in [-0.39, 0.29) is 0 Å². The summed E-state index contributed by atoms with van der Waals surface area (Å²) in [6, 6.07) is 3.82. The highest BCUT2D eigenvalue weighted by Gasteiger charge is 2.11. The lowest BCUT2D eigenvalue weighted by molar-refractivity contribution is 0.546. The standard InChI is InChI=1S/C10H13N3O/c1-6-3-4-9(14-6)10-8(5-11)12-7(2)13-10/h3-4H,5,11H2,1-2H3,(H,12,13). The average Bonchev–Trinajstić information content (AvgIpc) is 2.71. The van der Waals surface area contributed by atoms with Gasteiger partial charge in [0.25, 0.3) is 0 Å². The van der Waals surface area contributed by atoms with Crippen molar-refractivity contribution in [3.63, 3.8) is 0 Å². The summed E-state index contributed by atoms with van der Waals surface area (Å²) in [4.78, 5) is 7.44. The minimum atomic E-state index is 0.440. The van der Waals surface area contributed by atoms with E-state index in [9.17, 15) is 0 Å². The Morgan fingerprint density at radius 3 is 2.79 bits per heavy atom. The molecule has 0 aliphatic carbocycles. The summed E-state index contributed by atoms with van der Waals surface area (Å²) in [5.74, 6) is 2.51. The maximum atomic E-state index is 5.60. The monoisotopic (exact) mass is 191 g/mol. The number of nitrogens with one attached hydrogen (secondary N) is 1. The van der Waals surface area contributed by atoms with Crippen molar-refractivity contribution in [2.24, 2.45) is 5.73 Å². The third-order valence-corrected chi connectivity index (χ3v) is 2.08. The highest BCUT2D eigenvalue weighted by atomic mass is 16.3. The van der Waals surface area contributed by atoms with Crippen LogP contribution in [0.1, 0.15) is 17.3 Å². The van der Waals surface area contributed by atoms with Crippen LogP contribution in [0.2, 0.25) is 0 Å². The van der Waals surface area contributed by atoms with Crippen molar-refractivity contribution in [3.8, 4) is 11.5 Å². The highest BCUT2D eigenvalue weighted by molar-refractivity contribution is 5.56. The molecule has 14 heavy (non-hydrogen) atoms. The molecular formula is C10H13N3O. The van der Waals surface area contributed by atoms with E-state index < -0.39 is 0 Å². The van der Waals surface area contributed by atoms with Gasteiger partial charge in [-0.3, -0.25) is 0 Å². The van der Waals surface area contributed by atoms with Crippen LogP contribution in [0.4, 0.5) is 0 Å². The van der Waals surface area contributed by atoms with E-state index in [1.165, 1.54) is 0 Å². The Hall–Kier alpha value is -1.55. The fraction of sp³-hybridized carbons (Fsp3) is 0.300. The molecule has 3 N–H and O–H groups in total. The SMILES string of the molecule is Cc1nc(-c2ccc(C)o2)c(CN)[nH]1. The Morgan fingerprint density at radius 2 is 2.21 bits per heavy atom. The van der Waals surface area contributed by atoms with Crippen molar-refractivity contribution in [1.82, 2.24) is 9.97 Å². The van der Waals surface area contributed by atoms with Gasteiger partial charge >= 0.3 is 0 Å². The van der Waals surface area contributed by atoms with Gasteiger partial charge in [0, 0.05) is 6.54 Å². The molecule has 0 saturated carbocycles. The Labute approximate surface area is 82.1 Å². The van der Waals surface area contributed by atoms with Gasteiger partial charge in [0.15, 0.2) is 5.76 Å². The van der Waals surface area contributed by atoms with Gasteiger partial charge in [-0.15, -0.1) is 0 Å². The number of aromatic nitrogens is 2. The number of hydrogen-bond donors (Lipinski definition) is 2. The topological polar surface area (TPSA) is 67.8 Å². The van der Waals surface area contributed by atoms with E-state index in [1.54, 1.807) is 0 Å². The number of nitrogens with zero attached hydrogens (tertiary/aromatic N) is 1. The fourth-order valence-corrected chi connectivity index (χ4v) is 1.45. The van der Waals surface area contributed by atoms with E-state index >= 15 is 0 Å².